The van der Waals surface area contributed by atoms with Crippen molar-refractivity contribution in [2.75, 3.05) is 31.7 Å². The molecule has 0 bridgehead atoms. The summed E-state index contributed by atoms with van der Waals surface area (Å²) in [6.07, 6.45) is 2.32. The molecule has 27 heavy (non-hydrogen) atoms. The number of rotatable bonds is 8. The second kappa shape index (κ2) is 9.29. The minimum absolute atomic E-state index is 0.172. The van der Waals surface area contributed by atoms with Crippen LogP contribution in [0, 0.1) is 5.82 Å². The van der Waals surface area contributed by atoms with Crippen molar-refractivity contribution in [1.29, 1.82) is 0 Å². The maximum atomic E-state index is 14.4. The van der Waals surface area contributed by atoms with Crippen molar-refractivity contribution < 1.29 is 13.9 Å². The molecule has 1 aliphatic heterocycles. The summed E-state index contributed by atoms with van der Waals surface area (Å²) in [5, 5.41) is 3.84. The summed E-state index contributed by atoms with van der Waals surface area (Å²) in [7, 11) is 1.59. The van der Waals surface area contributed by atoms with Crippen molar-refractivity contribution in [3.05, 3.63) is 52.3 Å². The first kappa shape index (κ1) is 19.8. The van der Waals surface area contributed by atoms with Crippen LogP contribution in [-0.4, -0.2) is 26.8 Å². The average molecular weight is 393 g/mol. The van der Waals surface area contributed by atoms with E-state index >= 15 is 0 Å². The number of methoxy groups -OCH3 is 1. The molecule has 0 spiro atoms. The Bertz CT molecular complexity index is 779. The minimum Gasteiger partial charge on any atom is -0.493 e. The van der Waals surface area contributed by atoms with Gasteiger partial charge in [0.05, 0.1) is 18.7 Å². The third-order valence-corrected chi connectivity index (χ3v) is 5.03. The van der Waals surface area contributed by atoms with Crippen molar-refractivity contribution in [3.8, 4) is 11.5 Å². The van der Waals surface area contributed by atoms with Crippen molar-refractivity contribution >= 4 is 17.3 Å². The summed E-state index contributed by atoms with van der Waals surface area (Å²) in [6, 6.07) is 9.05. The van der Waals surface area contributed by atoms with Gasteiger partial charge < -0.3 is 19.7 Å². The van der Waals surface area contributed by atoms with E-state index in [0.717, 1.165) is 37.2 Å². The highest BCUT2D eigenvalue weighted by molar-refractivity contribution is 6.32. The summed E-state index contributed by atoms with van der Waals surface area (Å²) in [6.45, 7) is 5.39. The van der Waals surface area contributed by atoms with Crippen LogP contribution >= 0.6 is 11.6 Å². The lowest BCUT2D eigenvalue weighted by atomic mass is 10.1. The molecule has 0 saturated carbocycles. The number of halogens is 2. The predicted molar refractivity (Wildman–Crippen MR) is 108 cm³/mol. The summed E-state index contributed by atoms with van der Waals surface area (Å²) in [4.78, 5) is 2.26. The first-order valence-corrected chi connectivity index (χ1v) is 9.74. The van der Waals surface area contributed by atoms with E-state index in [4.69, 9.17) is 21.1 Å². The van der Waals surface area contributed by atoms with E-state index in [-0.39, 0.29) is 5.82 Å². The molecule has 1 heterocycles. The lowest BCUT2D eigenvalue weighted by Gasteiger charge is -2.22. The van der Waals surface area contributed by atoms with Gasteiger partial charge in [-0.25, -0.2) is 4.39 Å². The molecule has 0 radical (unpaired) electrons. The smallest absolute Gasteiger partial charge is 0.179 e. The highest BCUT2D eigenvalue weighted by Gasteiger charge is 2.18. The zero-order chi connectivity index (χ0) is 19.2. The van der Waals surface area contributed by atoms with Gasteiger partial charge in [-0.2, -0.15) is 0 Å². The van der Waals surface area contributed by atoms with Gasteiger partial charge >= 0.3 is 0 Å². The Morgan fingerprint density at radius 2 is 1.96 bits per heavy atom. The lowest BCUT2D eigenvalue weighted by Crippen LogP contribution is -2.22. The third kappa shape index (κ3) is 4.66. The van der Waals surface area contributed by atoms with Crippen molar-refractivity contribution in [2.24, 2.45) is 0 Å². The van der Waals surface area contributed by atoms with Gasteiger partial charge in [0.25, 0.3) is 0 Å². The van der Waals surface area contributed by atoms with Crippen LogP contribution in [0.1, 0.15) is 30.9 Å². The Labute approximate surface area is 165 Å². The van der Waals surface area contributed by atoms with Gasteiger partial charge in [-0.05, 0) is 49.6 Å². The normalized spacial score (nSPS) is 13.9. The standard InChI is InChI=1S/C21H26ClFN2O2/c1-3-27-21-17(22)11-15(12-20(21)26-2)13-24-14-16-18(23)7-6-8-19(16)25-9-4-5-10-25/h6-8,11-12,24H,3-5,9-10,13-14H2,1-2H3. The molecule has 0 atom stereocenters. The van der Waals surface area contributed by atoms with Gasteiger partial charge in [0.2, 0.25) is 0 Å². The largest absolute Gasteiger partial charge is 0.493 e. The van der Waals surface area contributed by atoms with Gasteiger partial charge in [0.1, 0.15) is 5.82 Å². The Balaban J connectivity index is 1.71. The summed E-state index contributed by atoms with van der Waals surface area (Å²) in [5.74, 6) is 0.981. The Kier molecular flexibility index (Phi) is 6.80. The Morgan fingerprint density at radius 1 is 1.19 bits per heavy atom. The molecule has 2 aromatic carbocycles. The number of hydrogen-bond donors (Lipinski definition) is 1. The molecule has 2 aromatic rings. The zero-order valence-electron chi connectivity index (χ0n) is 15.9. The fourth-order valence-electron chi connectivity index (χ4n) is 3.47. The van der Waals surface area contributed by atoms with Gasteiger partial charge in [-0.1, -0.05) is 17.7 Å². The first-order valence-electron chi connectivity index (χ1n) is 9.36. The van der Waals surface area contributed by atoms with Crippen LogP contribution in [0.4, 0.5) is 10.1 Å². The van der Waals surface area contributed by atoms with E-state index in [0.29, 0.717) is 41.8 Å². The van der Waals surface area contributed by atoms with Crippen molar-refractivity contribution in [3.63, 3.8) is 0 Å². The molecule has 0 aromatic heterocycles. The monoisotopic (exact) mass is 392 g/mol. The molecule has 1 fully saturated rings. The molecule has 1 N–H and O–H groups in total. The van der Waals surface area contributed by atoms with E-state index in [2.05, 4.69) is 10.2 Å². The third-order valence-electron chi connectivity index (χ3n) is 4.75. The van der Waals surface area contributed by atoms with E-state index in [1.807, 2.05) is 25.1 Å². The van der Waals surface area contributed by atoms with Gasteiger partial charge in [0, 0.05) is 37.4 Å². The van der Waals surface area contributed by atoms with Crippen LogP contribution in [0.3, 0.4) is 0 Å². The molecule has 1 aliphatic rings. The summed E-state index contributed by atoms with van der Waals surface area (Å²) < 4.78 is 25.4. The quantitative estimate of drug-likeness (QED) is 0.701. The molecule has 0 unspecified atom stereocenters. The van der Waals surface area contributed by atoms with Crippen LogP contribution in [-0.2, 0) is 13.1 Å². The highest BCUT2D eigenvalue weighted by atomic mass is 35.5. The molecular formula is C21H26ClFN2O2. The molecule has 4 nitrogen and oxygen atoms in total. The van der Waals surface area contributed by atoms with Crippen LogP contribution < -0.4 is 19.7 Å². The van der Waals surface area contributed by atoms with E-state index < -0.39 is 0 Å². The number of hydrogen-bond acceptors (Lipinski definition) is 4. The van der Waals surface area contributed by atoms with Gasteiger partial charge in [-0.15, -0.1) is 0 Å². The molecule has 0 amide bonds. The number of anilines is 1. The second-order valence-electron chi connectivity index (χ2n) is 6.58. The van der Waals surface area contributed by atoms with Crippen LogP contribution in [0.5, 0.6) is 11.5 Å². The molecule has 3 rings (SSSR count). The fourth-order valence-corrected chi connectivity index (χ4v) is 3.76. The first-order chi connectivity index (χ1) is 13.1. The molecule has 146 valence electrons. The van der Waals surface area contributed by atoms with Gasteiger partial charge in [0.15, 0.2) is 11.5 Å². The number of benzene rings is 2. The highest BCUT2D eigenvalue weighted by Crippen LogP contribution is 2.36. The predicted octanol–water partition coefficient (Wildman–Crippen LogP) is 4.78. The van der Waals surface area contributed by atoms with Crippen LogP contribution in [0.2, 0.25) is 5.02 Å². The van der Waals surface area contributed by atoms with Crippen molar-refractivity contribution in [1.82, 2.24) is 5.32 Å². The number of ether oxygens (including phenoxy) is 2. The maximum Gasteiger partial charge on any atom is 0.179 e. The number of nitrogens with zero attached hydrogens (tertiary/aromatic N) is 1. The van der Waals surface area contributed by atoms with Crippen LogP contribution in [0.25, 0.3) is 0 Å². The summed E-state index contributed by atoms with van der Waals surface area (Å²) >= 11 is 6.33. The number of nitrogens with one attached hydrogen (secondary N) is 1. The minimum atomic E-state index is -0.172. The van der Waals surface area contributed by atoms with E-state index in [1.165, 1.54) is 6.07 Å². The molecule has 1 saturated heterocycles. The van der Waals surface area contributed by atoms with E-state index in [1.54, 1.807) is 13.2 Å². The topological polar surface area (TPSA) is 33.7 Å². The Hall–Kier alpha value is -1.98. The average Bonchev–Trinajstić information content (AvgIpc) is 3.19. The Morgan fingerprint density at radius 3 is 2.67 bits per heavy atom. The zero-order valence-corrected chi connectivity index (χ0v) is 16.6. The summed E-state index contributed by atoms with van der Waals surface area (Å²) in [5.41, 5.74) is 2.66. The van der Waals surface area contributed by atoms with Crippen LogP contribution in [0.15, 0.2) is 30.3 Å². The fraction of sp³-hybridized carbons (Fsp3) is 0.429. The second-order valence-corrected chi connectivity index (χ2v) is 6.98. The lowest BCUT2D eigenvalue weighted by molar-refractivity contribution is 0.311. The van der Waals surface area contributed by atoms with Crippen molar-refractivity contribution in [2.45, 2.75) is 32.9 Å². The molecule has 0 aliphatic carbocycles. The van der Waals surface area contributed by atoms with Gasteiger partial charge in [-0.3, -0.25) is 0 Å². The molecular weight excluding hydrogens is 367 g/mol. The van der Waals surface area contributed by atoms with E-state index in [9.17, 15) is 4.39 Å². The maximum absolute atomic E-state index is 14.4. The SMILES string of the molecule is CCOc1c(Cl)cc(CNCc2c(F)cccc2N2CCCC2)cc1OC. The molecule has 6 heteroatoms.